The molecular weight excluding hydrogens is 436 g/mol. The van der Waals surface area contributed by atoms with Gasteiger partial charge in [-0.15, -0.1) is 5.10 Å². The fourth-order valence-corrected chi connectivity index (χ4v) is 1.81. The van der Waals surface area contributed by atoms with Crippen molar-refractivity contribution in [3.63, 3.8) is 0 Å². The Labute approximate surface area is 143 Å². The number of amides is 1. The normalized spacial score (nSPS) is 9.29. The SMILES string of the molecule is CC.CCCCc1cn(CCCCCCN[C-]=O)nn1.[W]. The summed E-state index contributed by atoms with van der Waals surface area (Å²) in [7, 11) is 0. The van der Waals surface area contributed by atoms with Gasteiger partial charge in [0, 0.05) is 33.8 Å². The van der Waals surface area contributed by atoms with Gasteiger partial charge in [0.1, 0.15) is 0 Å². The second-order valence-corrected chi connectivity index (χ2v) is 4.52. The molecule has 0 fully saturated rings. The number of aromatic nitrogens is 3. The van der Waals surface area contributed by atoms with Crippen molar-refractivity contribution in [1.29, 1.82) is 0 Å². The molecule has 1 aromatic heterocycles. The van der Waals surface area contributed by atoms with Crippen molar-refractivity contribution in [3.05, 3.63) is 11.9 Å². The van der Waals surface area contributed by atoms with Crippen LogP contribution in [0.15, 0.2) is 6.20 Å². The van der Waals surface area contributed by atoms with Crippen molar-refractivity contribution < 1.29 is 25.9 Å². The summed E-state index contributed by atoms with van der Waals surface area (Å²) in [5.41, 5.74) is 1.10. The van der Waals surface area contributed by atoms with E-state index in [0.29, 0.717) is 0 Å². The third-order valence-corrected chi connectivity index (χ3v) is 2.88. The van der Waals surface area contributed by atoms with Crippen LogP contribution in [0, 0.1) is 0 Å². The number of rotatable bonds is 11. The van der Waals surface area contributed by atoms with E-state index in [-0.39, 0.29) is 21.1 Å². The Hall–Kier alpha value is -0.702. The third-order valence-electron chi connectivity index (χ3n) is 2.88. The Morgan fingerprint density at radius 2 is 1.90 bits per heavy atom. The van der Waals surface area contributed by atoms with Crippen molar-refractivity contribution in [2.45, 2.75) is 72.3 Å². The van der Waals surface area contributed by atoms with Crippen LogP contribution in [-0.2, 0) is 38.8 Å². The molecule has 0 saturated carbocycles. The topological polar surface area (TPSA) is 59.8 Å². The molecule has 1 rings (SSSR count). The fraction of sp³-hybridized carbons (Fsp3) is 0.800. The van der Waals surface area contributed by atoms with E-state index in [1.807, 2.05) is 18.5 Å². The van der Waals surface area contributed by atoms with E-state index in [1.165, 1.54) is 12.8 Å². The van der Waals surface area contributed by atoms with Gasteiger partial charge in [-0.05, 0) is 32.2 Å². The average Bonchev–Trinajstić information content (AvgIpc) is 2.94. The van der Waals surface area contributed by atoms with Gasteiger partial charge < -0.3 is 10.1 Å². The Balaban J connectivity index is 0. The summed E-state index contributed by atoms with van der Waals surface area (Å²) >= 11 is 0. The molecule has 0 aromatic carbocycles. The predicted molar refractivity (Wildman–Crippen MR) is 82.1 cm³/mol. The van der Waals surface area contributed by atoms with E-state index in [2.05, 4.69) is 28.7 Å². The molecule has 5 nitrogen and oxygen atoms in total. The molecule has 0 aliphatic heterocycles. The quantitative estimate of drug-likeness (QED) is 0.311. The van der Waals surface area contributed by atoms with E-state index in [1.54, 1.807) is 6.41 Å². The molecule has 21 heavy (non-hydrogen) atoms. The average molecular weight is 465 g/mol. The second-order valence-electron chi connectivity index (χ2n) is 4.52. The first-order valence-electron chi connectivity index (χ1n) is 7.86. The molecule has 0 saturated heterocycles. The van der Waals surface area contributed by atoms with Crippen LogP contribution in [0.25, 0.3) is 0 Å². The monoisotopic (exact) mass is 465 g/mol. The van der Waals surface area contributed by atoms with Crippen LogP contribution in [-0.4, -0.2) is 27.9 Å². The molecular formula is C15H29N4OW-. The van der Waals surface area contributed by atoms with Gasteiger partial charge in [-0.1, -0.05) is 45.2 Å². The summed E-state index contributed by atoms with van der Waals surface area (Å²) in [6, 6.07) is 0. The van der Waals surface area contributed by atoms with Crippen LogP contribution >= 0.6 is 0 Å². The summed E-state index contributed by atoms with van der Waals surface area (Å²) in [6.45, 7) is 7.85. The summed E-state index contributed by atoms with van der Waals surface area (Å²) < 4.78 is 1.93. The Morgan fingerprint density at radius 1 is 1.19 bits per heavy atom. The minimum atomic E-state index is 0. The largest absolute Gasteiger partial charge is 0.530 e. The van der Waals surface area contributed by atoms with Gasteiger partial charge in [-0.2, -0.15) is 6.41 Å². The van der Waals surface area contributed by atoms with Gasteiger partial charge in [0.05, 0.1) is 5.69 Å². The molecule has 0 spiro atoms. The first-order valence-corrected chi connectivity index (χ1v) is 7.86. The molecule has 0 atom stereocenters. The van der Waals surface area contributed by atoms with E-state index < -0.39 is 0 Å². The van der Waals surface area contributed by atoms with Crippen LogP contribution in [0.2, 0.25) is 0 Å². The molecule has 6 heteroatoms. The van der Waals surface area contributed by atoms with Crippen molar-refractivity contribution in [2.75, 3.05) is 6.54 Å². The van der Waals surface area contributed by atoms with Crippen molar-refractivity contribution >= 4 is 6.41 Å². The maximum Gasteiger partial charge on any atom is 0.0827 e. The zero-order valence-corrected chi connectivity index (χ0v) is 16.5. The zero-order chi connectivity index (χ0) is 15.1. The molecule has 0 radical (unpaired) electrons. The van der Waals surface area contributed by atoms with Gasteiger partial charge in [0.15, 0.2) is 0 Å². The second kappa shape index (κ2) is 17.4. The van der Waals surface area contributed by atoms with Crippen LogP contribution < -0.4 is 5.32 Å². The van der Waals surface area contributed by atoms with Gasteiger partial charge in [0.2, 0.25) is 0 Å². The van der Waals surface area contributed by atoms with E-state index in [4.69, 9.17) is 0 Å². The van der Waals surface area contributed by atoms with E-state index >= 15 is 0 Å². The molecule has 1 amide bonds. The Bertz CT molecular complexity index is 331. The fourth-order valence-electron chi connectivity index (χ4n) is 1.81. The summed E-state index contributed by atoms with van der Waals surface area (Å²) in [4.78, 5) is 9.90. The molecule has 1 heterocycles. The maximum absolute atomic E-state index is 9.90. The third kappa shape index (κ3) is 12.7. The van der Waals surface area contributed by atoms with Gasteiger partial charge in [-0.3, -0.25) is 4.68 Å². The number of nitrogens with one attached hydrogen (secondary N) is 1. The van der Waals surface area contributed by atoms with Gasteiger partial charge >= 0.3 is 0 Å². The number of aryl methyl sites for hydroxylation is 2. The zero-order valence-electron chi connectivity index (χ0n) is 13.6. The van der Waals surface area contributed by atoms with Crippen molar-refractivity contribution in [3.8, 4) is 0 Å². The number of hydrogen-bond donors (Lipinski definition) is 1. The minimum Gasteiger partial charge on any atom is -0.530 e. The minimum absolute atomic E-state index is 0. The Morgan fingerprint density at radius 3 is 2.57 bits per heavy atom. The molecule has 0 bridgehead atoms. The first-order chi connectivity index (χ1) is 9.86. The molecule has 1 aromatic rings. The van der Waals surface area contributed by atoms with Gasteiger partial charge in [0.25, 0.3) is 0 Å². The van der Waals surface area contributed by atoms with Crippen molar-refractivity contribution in [2.24, 2.45) is 0 Å². The molecule has 0 aliphatic carbocycles. The number of carbonyl (C=O) groups excluding carboxylic acids is 1. The molecule has 122 valence electrons. The van der Waals surface area contributed by atoms with E-state index in [9.17, 15) is 4.79 Å². The summed E-state index contributed by atoms with van der Waals surface area (Å²) in [5, 5.41) is 10.8. The van der Waals surface area contributed by atoms with E-state index in [0.717, 1.165) is 50.9 Å². The Kier molecular flexibility index (Phi) is 18.7. The van der Waals surface area contributed by atoms with Crippen LogP contribution in [0.1, 0.15) is 65.0 Å². The number of nitrogens with zero attached hydrogens (tertiary/aromatic N) is 3. The first kappa shape index (κ1) is 22.6. The standard InChI is InChI=1S/C13H23N4O.C2H6.W/c1-2-3-8-13-11-17(16-15-13)10-7-5-4-6-9-14-12-18;1-2;/h11H,2-10H2,1H3,(H,14,18);1-2H3;/q-1;;. The van der Waals surface area contributed by atoms with Crippen LogP contribution in [0.3, 0.4) is 0 Å². The molecule has 0 aliphatic rings. The predicted octanol–water partition coefficient (Wildman–Crippen LogP) is 2.86. The summed E-state index contributed by atoms with van der Waals surface area (Å²) in [5.74, 6) is 0. The number of hydrogen-bond acceptors (Lipinski definition) is 3. The smallest absolute Gasteiger partial charge is 0.0827 e. The number of unbranched alkanes of at least 4 members (excludes halogenated alkanes) is 4. The van der Waals surface area contributed by atoms with Gasteiger partial charge in [-0.25, -0.2) is 0 Å². The summed E-state index contributed by atoms with van der Waals surface area (Å²) in [6.07, 6.45) is 11.6. The van der Waals surface area contributed by atoms with Crippen LogP contribution in [0.4, 0.5) is 0 Å². The van der Waals surface area contributed by atoms with Crippen LogP contribution in [0.5, 0.6) is 0 Å². The molecule has 1 N–H and O–H groups in total. The van der Waals surface area contributed by atoms with Crippen molar-refractivity contribution in [1.82, 2.24) is 20.3 Å². The molecule has 0 unspecified atom stereocenters. The maximum atomic E-state index is 9.90.